The Balaban J connectivity index is 1.86. The minimum Gasteiger partial charge on any atom is -0.465 e. The van der Waals surface area contributed by atoms with E-state index in [0.717, 1.165) is 10.5 Å². The normalized spacial score (nSPS) is 11.9. The van der Waals surface area contributed by atoms with Crippen molar-refractivity contribution in [1.82, 2.24) is 5.43 Å². The van der Waals surface area contributed by atoms with Gasteiger partial charge in [0.15, 0.2) is 0 Å². The molecule has 2 rings (SSSR count). The fraction of sp³-hybridized carbons (Fsp3) is 0.167. The van der Waals surface area contributed by atoms with E-state index >= 15 is 0 Å². The summed E-state index contributed by atoms with van der Waals surface area (Å²) in [5.41, 5.74) is 3.75. The predicted molar refractivity (Wildman–Crippen MR) is 95.3 cm³/mol. The summed E-state index contributed by atoms with van der Waals surface area (Å²) in [7, 11) is 1.34. The first-order valence-corrected chi connectivity index (χ1v) is 8.21. The first-order valence-electron chi connectivity index (χ1n) is 7.33. The number of hydrazone groups is 1. The summed E-state index contributed by atoms with van der Waals surface area (Å²) < 4.78 is 4.63. The van der Waals surface area contributed by atoms with Crippen molar-refractivity contribution in [2.24, 2.45) is 5.10 Å². The molecule has 0 radical (unpaired) electrons. The van der Waals surface area contributed by atoms with Gasteiger partial charge in [0.05, 0.1) is 24.1 Å². The van der Waals surface area contributed by atoms with E-state index in [4.69, 9.17) is 0 Å². The van der Waals surface area contributed by atoms with Crippen LogP contribution in [0.4, 0.5) is 0 Å². The van der Waals surface area contributed by atoms with Crippen LogP contribution in [-0.4, -0.2) is 30.5 Å². The van der Waals surface area contributed by atoms with Crippen LogP contribution in [0.2, 0.25) is 0 Å². The van der Waals surface area contributed by atoms with Gasteiger partial charge in [-0.25, -0.2) is 10.2 Å². The summed E-state index contributed by atoms with van der Waals surface area (Å²) in [6, 6.07) is 16.5. The summed E-state index contributed by atoms with van der Waals surface area (Å²) in [6.45, 7) is 1.83. The molecule has 1 atom stereocenters. The number of carbonyl (C=O) groups excluding carboxylic acids is 2. The van der Waals surface area contributed by atoms with Gasteiger partial charge in [0, 0.05) is 4.90 Å². The quantitative estimate of drug-likeness (QED) is 0.379. The van der Waals surface area contributed by atoms with Crippen LogP contribution in [0.1, 0.15) is 22.8 Å². The lowest BCUT2D eigenvalue weighted by Gasteiger charge is -2.09. The van der Waals surface area contributed by atoms with E-state index < -0.39 is 5.97 Å². The number of ether oxygens (including phenoxy) is 1. The molecular formula is C18H18N2O3S. The summed E-state index contributed by atoms with van der Waals surface area (Å²) in [6.07, 6.45) is 1.53. The van der Waals surface area contributed by atoms with E-state index in [1.807, 2.05) is 37.3 Å². The lowest BCUT2D eigenvalue weighted by Crippen LogP contribution is -2.26. The highest BCUT2D eigenvalue weighted by molar-refractivity contribution is 8.00. The zero-order chi connectivity index (χ0) is 17.4. The molecule has 0 aliphatic heterocycles. The van der Waals surface area contributed by atoms with E-state index in [1.165, 1.54) is 25.1 Å². The van der Waals surface area contributed by atoms with E-state index in [2.05, 4.69) is 15.3 Å². The number of nitrogens with zero attached hydrogens (tertiary/aromatic N) is 1. The number of hydrogen-bond acceptors (Lipinski definition) is 5. The standard InChI is InChI=1S/C18H18N2O3S/c1-13(24-16-6-4-3-5-7-16)17(21)20-19-12-14-8-10-15(11-9-14)18(22)23-2/h3-13H,1-2H3,(H,20,21)/b19-12+. The molecule has 1 amide bonds. The van der Waals surface area contributed by atoms with Crippen molar-refractivity contribution >= 4 is 29.9 Å². The maximum absolute atomic E-state index is 12.0. The largest absolute Gasteiger partial charge is 0.465 e. The third kappa shape index (κ3) is 5.24. The van der Waals surface area contributed by atoms with Crippen LogP contribution >= 0.6 is 11.8 Å². The number of benzene rings is 2. The van der Waals surface area contributed by atoms with Gasteiger partial charge < -0.3 is 4.74 Å². The fourth-order valence-corrected chi connectivity index (χ4v) is 2.72. The molecule has 24 heavy (non-hydrogen) atoms. The number of nitrogens with one attached hydrogen (secondary N) is 1. The number of thioether (sulfide) groups is 1. The predicted octanol–water partition coefficient (Wildman–Crippen LogP) is 3.10. The van der Waals surface area contributed by atoms with Gasteiger partial charge in [-0.1, -0.05) is 30.3 Å². The van der Waals surface area contributed by atoms with Crippen molar-refractivity contribution in [3.63, 3.8) is 0 Å². The Labute approximate surface area is 145 Å². The molecule has 1 N–H and O–H groups in total. The first kappa shape index (κ1) is 17.7. The molecule has 124 valence electrons. The van der Waals surface area contributed by atoms with E-state index in [9.17, 15) is 9.59 Å². The number of rotatable bonds is 6. The Bertz CT molecular complexity index is 715. The Hall–Kier alpha value is -2.60. The highest BCUT2D eigenvalue weighted by Gasteiger charge is 2.13. The summed E-state index contributed by atoms with van der Waals surface area (Å²) in [5, 5.41) is 3.69. The zero-order valence-corrected chi connectivity index (χ0v) is 14.2. The fourth-order valence-electron chi connectivity index (χ4n) is 1.84. The smallest absolute Gasteiger partial charge is 0.337 e. The highest BCUT2D eigenvalue weighted by atomic mass is 32.2. The monoisotopic (exact) mass is 342 g/mol. The zero-order valence-electron chi connectivity index (χ0n) is 13.4. The van der Waals surface area contributed by atoms with Crippen LogP contribution in [0.15, 0.2) is 64.6 Å². The summed E-state index contributed by atoms with van der Waals surface area (Å²) >= 11 is 1.47. The molecule has 0 saturated carbocycles. The number of hydrogen-bond donors (Lipinski definition) is 1. The second-order valence-electron chi connectivity index (χ2n) is 4.92. The van der Waals surface area contributed by atoms with Gasteiger partial charge in [0.2, 0.25) is 0 Å². The molecule has 0 aliphatic carbocycles. The molecule has 0 heterocycles. The maximum Gasteiger partial charge on any atom is 0.337 e. The van der Waals surface area contributed by atoms with Gasteiger partial charge in [-0.15, -0.1) is 11.8 Å². The van der Waals surface area contributed by atoms with Crippen molar-refractivity contribution in [3.8, 4) is 0 Å². The van der Waals surface area contributed by atoms with Gasteiger partial charge >= 0.3 is 5.97 Å². The Morgan fingerprint density at radius 2 is 1.79 bits per heavy atom. The van der Waals surface area contributed by atoms with Gasteiger partial charge in [0.1, 0.15) is 0 Å². The van der Waals surface area contributed by atoms with E-state index in [-0.39, 0.29) is 11.2 Å². The van der Waals surface area contributed by atoms with Crippen LogP contribution in [0, 0.1) is 0 Å². The van der Waals surface area contributed by atoms with Gasteiger partial charge in [-0.05, 0) is 36.8 Å². The molecule has 0 saturated heterocycles. The van der Waals surface area contributed by atoms with Crippen molar-refractivity contribution in [2.75, 3.05) is 7.11 Å². The molecule has 0 spiro atoms. The maximum atomic E-state index is 12.0. The van der Waals surface area contributed by atoms with Crippen LogP contribution in [-0.2, 0) is 9.53 Å². The SMILES string of the molecule is COC(=O)c1ccc(/C=N/NC(=O)C(C)Sc2ccccc2)cc1. The van der Waals surface area contributed by atoms with Gasteiger partial charge in [-0.2, -0.15) is 5.10 Å². The highest BCUT2D eigenvalue weighted by Crippen LogP contribution is 2.22. The molecule has 0 aromatic heterocycles. The molecule has 5 nitrogen and oxygen atoms in total. The topological polar surface area (TPSA) is 67.8 Å². The third-order valence-corrected chi connectivity index (χ3v) is 4.26. The molecule has 2 aromatic rings. The summed E-state index contributed by atoms with van der Waals surface area (Å²) in [5.74, 6) is -0.565. The van der Waals surface area contributed by atoms with Crippen molar-refractivity contribution in [2.45, 2.75) is 17.1 Å². The Kier molecular flexibility index (Phi) is 6.57. The van der Waals surface area contributed by atoms with Crippen LogP contribution in [0.25, 0.3) is 0 Å². The second-order valence-corrected chi connectivity index (χ2v) is 6.34. The van der Waals surface area contributed by atoms with E-state index in [0.29, 0.717) is 5.56 Å². The summed E-state index contributed by atoms with van der Waals surface area (Å²) in [4.78, 5) is 24.4. The number of carbonyl (C=O) groups is 2. The van der Waals surface area contributed by atoms with Crippen molar-refractivity contribution in [3.05, 3.63) is 65.7 Å². The average molecular weight is 342 g/mol. The van der Waals surface area contributed by atoms with E-state index in [1.54, 1.807) is 24.3 Å². The van der Waals surface area contributed by atoms with Gasteiger partial charge in [0.25, 0.3) is 5.91 Å². The number of esters is 1. The first-order chi connectivity index (χ1) is 11.6. The Morgan fingerprint density at radius 1 is 1.12 bits per heavy atom. The molecule has 0 aliphatic rings. The number of amides is 1. The molecule has 6 heteroatoms. The molecule has 2 aromatic carbocycles. The van der Waals surface area contributed by atoms with Crippen molar-refractivity contribution in [1.29, 1.82) is 0 Å². The lowest BCUT2D eigenvalue weighted by molar-refractivity contribution is -0.120. The van der Waals surface area contributed by atoms with Crippen LogP contribution in [0.3, 0.4) is 0 Å². The second kappa shape index (κ2) is 8.88. The molecule has 0 bridgehead atoms. The Morgan fingerprint density at radius 3 is 2.42 bits per heavy atom. The lowest BCUT2D eigenvalue weighted by atomic mass is 10.1. The minimum atomic E-state index is -0.390. The molecule has 1 unspecified atom stereocenters. The third-order valence-electron chi connectivity index (χ3n) is 3.15. The van der Waals surface area contributed by atoms with Crippen LogP contribution in [0.5, 0.6) is 0 Å². The van der Waals surface area contributed by atoms with Crippen LogP contribution < -0.4 is 5.43 Å². The molecule has 0 fully saturated rings. The van der Waals surface area contributed by atoms with Crippen molar-refractivity contribution < 1.29 is 14.3 Å². The van der Waals surface area contributed by atoms with Gasteiger partial charge in [-0.3, -0.25) is 4.79 Å². The number of methoxy groups -OCH3 is 1. The minimum absolute atomic E-state index is 0.175. The molecular weight excluding hydrogens is 324 g/mol. The average Bonchev–Trinajstić information content (AvgIpc) is 2.62.